The van der Waals surface area contributed by atoms with E-state index in [0.717, 1.165) is 5.92 Å². The van der Waals surface area contributed by atoms with Gasteiger partial charge in [0, 0.05) is 23.1 Å². The van der Waals surface area contributed by atoms with Crippen LogP contribution in [0, 0.1) is 12.8 Å². The third kappa shape index (κ3) is 3.44. The van der Waals surface area contributed by atoms with Gasteiger partial charge in [-0.1, -0.05) is 47.8 Å². The Balaban J connectivity index is 2.22. The van der Waals surface area contributed by atoms with Crippen LogP contribution >= 0.6 is 15.9 Å². The summed E-state index contributed by atoms with van der Waals surface area (Å²) < 4.78 is 1.18. The SMILES string of the molecule is Cc1ccc(C(CN)N(C)C2CCCCC2C)c(Br)c1. The van der Waals surface area contributed by atoms with Crippen LogP contribution in [-0.2, 0) is 0 Å². The molecule has 112 valence electrons. The maximum atomic E-state index is 6.10. The molecule has 0 spiro atoms. The van der Waals surface area contributed by atoms with Crippen molar-refractivity contribution in [3.8, 4) is 0 Å². The first-order valence-corrected chi connectivity index (χ1v) is 8.52. The number of nitrogens with two attached hydrogens (primary N) is 1. The molecule has 0 aliphatic heterocycles. The van der Waals surface area contributed by atoms with E-state index >= 15 is 0 Å². The number of likely N-dealkylation sites (N-methyl/N-ethyl adjacent to an activating group) is 1. The Labute approximate surface area is 131 Å². The van der Waals surface area contributed by atoms with E-state index in [1.807, 2.05) is 0 Å². The molecule has 2 N–H and O–H groups in total. The molecule has 20 heavy (non-hydrogen) atoms. The molecule has 3 heteroatoms. The molecule has 1 aromatic carbocycles. The fourth-order valence-corrected chi connectivity index (χ4v) is 4.31. The number of hydrogen-bond donors (Lipinski definition) is 1. The van der Waals surface area contributed by atoms with Crippen molar-refractivity contribution in [2.24, 2.45) is 11.7 Å². The predicted molar refractivity (Wildman–Crippen MR) is 89.9 cm³/mol. The number of aryl methyl sites for hydroxylation is 1. The lowest BCUT2D eigenvalue weighted by molar-refractivity contribution is 0.0989. The average molecular weight is 339 g/mol. The normalized spacial score (nSPS) is 24.9. The lowest BCUT2D eigenvalue weighted by Gasteiger charge is -2.41. The monoisotopic (exact) mass is 338 g/mol. The van der Waals surface area contributed by atoms with Crippen molar-refractivity contribution in [2.75, 3.05) is 13.6 Å². The van der Waals surface area contributed by atoms with Crippen LogP contribution in [0.15, 0.2) is 22.7 Å². The Morgan fingerprint density at radius 2 is 2.05 bits per heavy atom. The van der Waals surface area contributed by atoms with Crippen LogP contribution in [0.2, 0.25) is 0 Å². The largest absolute Gasteiger partial charge is 0.329 e. The van der Waals surface area contributed by atoms with Crippen LogP contribution in [0.1, 0.15) is 49.8 Å². The molecule has 2 nitrogen and oxygen atoms in total. The molecule has 0 amide bonds. The van der Waals surface area contributed by atoms with Crippen molar-refractivity contribution in [1.29, 1.82) is 0 Å². The summed E-state index contributed by atoms with van der Waals surface area (Å²) in [6.45, 7) is 5.18. The summed E-state index contributed by atoms with van der Waals surface area (Å²) in [5.41, 5.74) is 8.70. The average Bonchev–Trinajstić information content (AvgIpc) is 2.42. The molecule has 0 saturated heterocycles. The number of benzene rings is 1. The number of rotatable bonds is 4. The molecule has 1 fully saturated rings. The smallest absolute Gasteiger partial charge is 0.0481 e. The standard InChI is InChI=1S/C17H27BrN2/c1-12-8-9-14(15(18)10-12)17(11-19)20(3)16-7-5-4-6-13(16)2/h8-10,13,16-17H,4-7,11,19H2,1-3H3. The molecule has 0 aromatic heterocycles. The molecule has 0 heterocycles. The van der Waals surface area contributed by atoms with Gasteiger partial charge in [-0.3, -0.25) is 4.90 Å². The van der Waals surface area contributed by atoms with E-state index in [4.69, 9.17) is 5.73 Å². The van der Waals surface area contributed by atoms with E-state index in [-0.39, 0.29) is 0 Å². The Hall–Kier alpha value is -0.380. The summed E-state index contributed by atoms with van der Waals surface area (Å²) in [5.74, 6) is 0.770. The van der Waals surface area contributed by atoms with Gasteiger partial charge >= 0.3 is 0 Å². The number of nitrogens with zero attached hydrogens (tertiary/aromatic N) is 1. The van der Waals surface area contributed by atoms with Crippen LogP contribution in [0.4, 0.5) is 0 Å². The van der Waals surface area contributed by atoms with E-state index in [1.54, 1.807) is 0 Å². The minimum Gasteiger partial charge on any atom is -0.329 e. The van der Waals surface area contributed by atoms with Crippen LogP contribution in [0.3, 0.4) is 0 Å². The minimum absolute atomic E-state index is 0.301. The predicted octanol–water partition coefficient (Wildman–Crippen LogP) is 4.27. The molecule has 1 aliphatic carbocycles. The van der Waals surface area contributed by atoms with E-state index in [0.29, 0.717) is 18.6 Å². The molecule has 3 atom stereocenters. The number of halogens is 1. The third-order valence-corrected chi connectivity index (χ3v) is 5.51. The van der Waals surface area contributed by atoms with Gasteiger partial charge < -0.3 is 5.73 Å². The summed E-state index contributed by atoms with van der Waals surface area (Å²) in [6.07, 6.45) is 5.39. The molecule has 1 aromatic rings. The van der Waals surface area contributed by atoms with E-state index < -0.39 is 0 Å². The highest BCUT2D eigenvalue weighted by atomic mass is 79.9. The van der Waals surface area contributed by atoms with Crippen LogP contribution in [-0.4, -0.2) is 24.5 Å². The second-order valence-electron chi connectivity index (χ2n) is 6.27. The van der Waals surface area contributed by atoms with E-state index in [2.05, 4.69) is 59.9 Å². The summed E-state index contributed by atoms with van der Waals surface area (Å²) in [5, 5.41) is 0. The van der Waals surface area contributed by atoms with Gasteiger partial charge in [0.25, 0.3) is 0 Å². The molecular weight excluding hydrogens is 312 g/mol. The van der Waals surface area contributed by atoms with Crippen LogP contribution in [0.25, 0.3) is 0 Å². The van der Waals surface area contributed by atoms with Gasteiger partial charge in [-0.05, 0) is 49.9 Å². The zero-order valence-electron chi connectivity index (χ0n) is 12.9. The lowest BCUT2D eigenvalue weighted by Crippen LogP contribution is -2.43. The Bertz CT molecular complexity index is 447. The van der Waals surface area contributed by atoms with Gasteiger partial charge in [-0.15, -0.1) is 0 Å². The molecule has 0 radical (unpaired) electrons. The van der Waals surface area contributed by atoms with Crippen molar-refractivity contribution in [3.63, 3.8) is 0 Å². The van der Waals surface area contributed by atoms with Crippen molar-refractivity contribution < 1.29 is 0 Å². The summed E-state index contributed by atoms with van der Waals surface area (Å²) in [4.78, 5) is 2.51. The fraction of sp³-hybridized carbons (Fsp3) is 0.647. The fourth-order valence-electron chi connectivity index (χ4n) is 3.55. The molecule has 0 bridgehead atoms. The van der Waals surface area contributed by atoms with Gasteiger partial charge in [0.2, 0.25) is 0 Å². The van der Waals surface area contributed by atoms with Gasteiger partial charge in [0.1, 0.15) is 0 Å². The molecular formula is C17H27BrN2. The minimum atomic E-state index is 0.301. The maximum absolute atomic E-state index is 6.10. The van der Waals surface area contributed by atoms with E-state index in [9.17, 15) is 0 Å². The summed E-state index contributed by atoms with van der Waals surface area (Å²) >= 11 is 3.71. The maximum Gasteiger partial charge on any atom is 0.0481 e. The second kappa shape index (κ2) is 7.06. The van der Waals surface area contributed by atoms with Gasteiger partial charge in [0.15, 0.2) is 0 Å². The summed E-state index contributed by atoms with van der Waals surface area (Å²) in [6, 6.07) is 7.55. The zero-order chi connectivity index (χ0) is 14.7. The third-order valence-electron chi connectivity index (χ3n) is 4.82. The van der Waals surface area contributed by atoms with Crippen LogP contribution < -0.4 is 5.73 Å². The van der Waals surface area contributed by atoms with Gasteiger partial charge in [-0.25, -0.2) is 0 Å². The van der Waals surface area contributed by atoms with Crippen molar-refractivity contribution >= 4 is 15.9 Å². The van der Waals surface area contributed by atoms with Crippen molar-refractivity contribution in [2.45, 2.75) is 51.6 Å². The molecule has 1 saturated carbocycles. The second-order valence-corrected chi connectivity index (χ2v) is 7.13. The topological polar surface area (TPSA) is 29.3 Å². The highest BCUT2D eigenvalue weighted by Gasteiger charge is 2.30. The quantitative estimate of drug-likeness (QED) is 0.888. The first kappa shape index (κ1) is 16.0. The van der Waals surface area contributed by atoms with Crippen molar-refractivity contribution in [1.82, 2.24) is 4.90 Å². The van der Waals surface area contributed by atoms with E-state index in [1.165, 1.54) is 41.3 Å². The molecule has 3 unspecified atom stereocenters. The Morgan fingerprint density at radius 1 is 1.35 bits per heavy atom. The Morgan fingerprint density at radius 3 is 2.65 bits per heavy atom. The molecule has 2 rings (SSSR count). The summed E-state index contributed by atoms with van der Waals surface area (Å²) in [7, 11) is 2.25. The molecule has 1 aliphatic rings. The van der Waals surface area contributed by atoms with Crippen LogP contribution in [0.5, 0.6) is 0 Å². The van der Waals surface area contributed by atoms with Gasteiger partial charge in [0.05, 0.1) is 0 Å². The first-order chi connectivity index (χ1) is 9.54. The first-order valence-electron chi connectivity index (χ1n) is 7.72. The highest BCUT2D eigenvalue weighted by Crippen LogP contribution is 2.34. The zero-order valence-corrected chi connectivity index (χ0v) is 14.5. The Kier molecular flexibility index (Phi) is 5.65. The van der Waals surface area contributed by atoms with Crippen molar-refractivity contribution in [3.05, 3.63) is 33.8 Å². The number of hydrogen-bond acceptors (Lipinski definition) is 2. The highest BCUT2D eigenvalue weighted by molar-refractivity contribution is 9.10. The van der Waals surface area contributed by atoms with Gasteiger partial charge in [-0.2, -0.15) is 0 Å². The lowest BCUT2D eigenvalue weighted by atomic mass is 9.84.